The number of amides is 1. The summed E-state index contributed by atoms with van der Waals surface area (Å²) < 4.78 is 16.4. The number of carbonyl (C=O) groups is 2. The Balaban J connectivity index is 1.56. The summed E-state index contributed by atoms with van der Waals surface area (Å²) in [6, 6.07) is 19.2. The minimum absolute atomic E-state index is 0.0793. The summed E-state index contributed by atoms with van der Waals surface area (Å²) in [4.78, 5) is 26.5. The second-order valence-corrected chi connectivity index (χ2v) is 7.97. The minimum Gasteiger partial charge on any atom is -0.483 e. The van der Waals surface area contributed by atoms with Crippen LogP contribution in [0.3, 0.4) is 0 Å². The van der Waals surface area contributed by atoms with Gasteiger partial charge < -0.3 is 24.2 Å². The van der Waals surface area contributed by atoms with Crippen molar-refractivity contribution in [3.63, 3.8) is 0 Å². The number of nitrogens with zero attached hydrogens (tertiary/aromatic N) is 1. The molecule has 0 saturated heterocycles. The van der Waals surface area contributed by atoms with E-state index in [0.717, 1.165) is 11.1 Å². The average molecular weight is 468 g/mol. The number of carboxylic acid groups (broad SMARTS) is 1. The Morgan fingerprint density at radius 1 is 1.06 bits per heavy atom. The fraction of sp³-hybridized carbons (Fsp3) is 0.200. The van der Waals surface area contributed by atoms with E-state index in [2.05, 4.69) is 0 Å². The second-order valence-electron chi connectivity index (χ2n) is 7.53. The van der Waals surface area contributed by atoms with E-state index in [1.165, 1.54) is 18.2 Å². The summed E-state index contributed by atoms with van der Waals surface area (Å²) in [5.74, 6) is -0.100. The van der Waals surface area contributed by atoms with Gasteiger partial charge in [0.25, 0.3) is 5.91 Å². The molecule has 0 fully saturated rings. The number of ether oxygens (including phenoxy) is 3. The van der Waals surface area contributed by atoms with Crippen LogP contribution in [0.5, 0.6) is 17.2 Å². The van der Waals surface area contributed by atoms with Crippen LogP contribution in [-0.4, -0.2) is 35.3 Å². The lowest BCUT2D eigenvalue weighted by Crippen LogP contribution is -2.36. The highest BCUT2D eigenvalue weighted by molar-refractivity contribution is 6.31. The Kier molecular flexibility index (Phi) is 6.70. The van der Waals surface area contributed by atoms with Crippen molar-refractivity contribution in [2.45, 2.75) is 19.5 Å². The molecule has 4 rings (SSSR count). The molecule has 3 aromatic rings. The van der Waals surface area contributed by atoms with Crippen molar-refractivity contribution < 1.29 is 28.9 Å². The Hall–Kier alpha value is -3.71. The van der Waals surface area contributed by atoms with E-state index in [4.69, 9.17) is 25.8 Å². The largest absolute Gasteiger partial charge is 0.483 e. The van der Waals surface area contributed by atoms with E-state index < -0.39 is 5.97 Å². The quantitative estimate of drug-likeness (QED) is 0.505. The van der Waals surface area contributed by atoms with Crippen molar-refractivity contribution >= 4 is 23.5 Å². The van der Waals surface area contributed by atoms with Gasteiger partial charge in [-0.2, -0.15) is 0 Å². The maximum atomic E-state index is 13.3. The van der Waals surface area contributed by atoms with Crippen LogP contribution in [0, 0.1) is 0 Å². The summed E-state index contributed by atoms with van der Waals surface area (Å²) in [5.41, 5.74) is 1.73. The summed E-state index contributed by atoms with van der Waals surface area (Å²) >= 11 is 5.90. The maximum absolute atomic E-state index is 13.3. The average Bonchev–Trinajstić information content (AvgIpc) is 3.29. The molecule has 1 atom stereocenters. The van der Waals surface area contributed by atoms with E-state index in [1.807, 2.05) is 55.5 Å². The van der Waals surface area contributed by atoms with Crippen molar-refractivity contribution in [3.8, 4) is 17.2 Å². The first-order valence-electron chi connectivity index (χ1n) is 10.3. The zero-order valence-corrected chi connectivity index (χ0v) is 18.6. The third kappa shape index (κ3) is 5.21. The lowest BCUT2D eigenvalue weighted by molar-refractivity contribution is -0.136. The summed E-state index contributed by atoms with van der Waals surface area (Å²) in [5, 5.41) is 9.69. The van der Waals surface area contributed by atoms with E-state index in [-0.39, 0.29) is 41.7 Å². The molecule has 3 aromatic carbocycles. The molecule has 7 nitrogen and oxygen atoms in total. The van der Waals surface area contributed by atoms with Crippen molar-refractivity contribution in [2.75, 3.05) is 13.4 Å². The predicted molar refractivity (Wildman–Crippen MR) is 122 cm³/mol. The molecule has 0 aromatic heterocycles. The zero-order valence-electron chi connectivity index (χ0n) is 17.9. The SMILES string of the molecule is CC(c1ccccc1)N(Cc1ccc2c(c1)OCO2)C(=O)COc1ccc(Cl)cc1C(=O)O. The van der Waals surface area contributed by atoms with E-state index in [0.29, 0.717) is 18.0 Å². The number of hydrogen-bond acceptors (Lipinski definition) is 5. The van der Waals surface area contributed by atoms with Crippen molar-refractivity contribution in [1.29, 1.82) is 0 Å². The van der Waals surface area contributed by atoms with Gasteiger partial charge in [0.2, 0.25) is 6.79 Å². The Bertz CT molecular complexity index is 1170. The first-order valence-corrected chi connectivity index (χ1v) is 10.7. The molecular weight excluding hydrogens is 446 g/mol. The van der Waals surface area contributed by atoms with E-state index in [9.17, 15) is 14.7 Å². The molecule has 1 aliphatic heterocycles. The van der Waals surface area contributed by atoms with Gasteiger partial charge in [0.05, 0.1) is 6.04 Å². The van der Waals surface area contributed by atoms with Gasteiger partial charge in [0.1, 0.15) is 11.3 Å². The van der Waals surface area contributed by atoms with Crippen LogP contribution in [0.25, 0.3) is 0 Å². The lowest BCUT2D eigenvalue weighted by atomic mass is 10.1. The smallest absolute Gasteiger partial charge is 0.339 e. The highest BCUT2D eigenvalue weighted by Gasteiger charge is 2.24. The van der Waals surface area contributed by atoms with Crippen LogP contribution in [-0.2, 0) is 11.3 Å². The Labute approximate surface area is 196 Å². The van der Waals surface area contributed by atoms with Gasteiger partial charge in [0.15, 0.2) is 18.1 Å². The minimum atomic E-state index is -1.19. The number of aromatic carboxylic acids is 1. The molecule has 33 heavy (non-hydrogen) atoms. The van der Waals surface area contributed by atoms with Gasteiger partial charge in [0, 0.05) is 11.6 Å². The molecule has 170 valence electrons. The molecule has 1 unspecified atom stereocenters. The number of carboxylic acids is 1. The van der Waals surface area contributed by atoms with Crippen LogP contribution in [0.2, 0.25) is 5.02 Å². The van der Waals surface area contributed by atoms with Crippen LogP contribution in [0.15, 0.2) is 66.7 Å². The molecule has 0 saturated carbocycles. The number of carbonyl (C=O) groups excluding carboxylic acids is 1. The van der Waals surface area contributed by atoms with Crippen LogP contribution in [0.1, 0.15) is 34.5 Å². The number of fused-ring (bicyclic) bond motifs is 1. The molecule has 1 aliphatic rings. The second kappa shape index (κ2) is 9.83. The standard InChI is InChI=1S/C25H22ClNO6/c1-16(18-5-3-2-4-6-18)27(13-17-7-9-22-23(11-17)33-15-32-22)24(28)14-31-21-10-8-19(26)12-20(21)25(29)30/h2-12,16H,13-15H2,1H3,(H,29,30). The summed E-state index contributed by atoms with van der Waals surface area (Å²) in [6.07, 6.45) is 0. The van der Waals surface area contributed by atoms with Crippen molar-refractivity contribution in [1.82, 2.24) is 4.90 Å². The zero-order chi connectivity index (χ0) is 23.4. The molecule has 0 aliphatic carbocycles. The Morgan fingerprint density at radius 3 is 2.58 bits per heavy atom. The molecule has 1 heterocycles. The third-order valence-electron chi connectivity index (χ3n) is 5.38. The van der Waals surface area contributed by atoms with Gasteiger partial charge in [-0.05, 0) is 48.4 Å². The number of benzene rings is 3. The molecule has 0 bridgehead atoms. The molecule has 0 spiro atoms. The fourth-order valence-electron chi connectivity index (χ4n) is 3.61. The van der Waals surface area contributed by atoms with Gasteiger partial charge in [-0.1, -0.05) is 48.0 Å². The number of hydrogen-bond donors (Lipinski definition) is 1. The summed E-state index contributed by atoms with van der Waals surface area (Å²) in [7, 11) is 0. The Morgan fingerprint density at radius 2 is 1.82 bits per heavy atom. The van der Waals surface area contributed by atoms with E-state index in [1.54, 1.807) is 4.90 Å². The van der Waals surface area contributed by atoms with Gasteiger partial charge >= 0.3 is 5.97 Å². The highest BCUT2D eigenvalue weighted by atomic mass is 35.5. The first kappa shape index (κ1) is 22.5. The van der Waals surface area contributed by atoms with Gasteiger partial charge in [-0.3, -0.25) is 4.79 Å². The van der Waals surface area contributed by atoms with Crippen LogP contribution >= 0.6 is 11.6 Å². The molecule has 1 amide bonds. The fourth-order valence-corrected chi connectivity index (χ4v) is 3.78. The van der Waals surface area contributed by atoms with Gasteiger partial charge in [-0.25, -0.2) is 4.79 Å². The number of rotatable bonds is 8. The van der Waals surface area contributed by atoms with Crippen molar-refractivity contribution in [2.24, 2.45) is 0 Å². The molecule has 0 radical (unpaired) electrons. The first-order chi connectivity index (χ1) is 15.9. The molecule has 1 N–H and O–H groups in total. The van der Waals surface area contributed by atoms with E-state index >= 15 is 0 Å². The lowest BCUT2D eigenvalue weighted by Gasteiger charge is -2.30. The maximum Gasteiger partial charge on any atom is 0.339 e. The monoisotopic (exact) mass is 467 g/mol. The van der Waals surface area contributed by atoms with Crippen LogP contribution < -0.4 is 14.2 Å². The normalized spacial score (nSPS) is 12.8. The predicted octanol–water partition coefficient (Wildman–Crippen LogP) is 4.94. The third-order valence-corrected chi connectivity index (χ3v) is 5.62. The van der Waals surface area contributed by atoms with Crippen molar-refractivity contribution in [3.05, 3.63) is 88.4 Å². The topological polar surface area (TPSA) is 85.3 Å². The van der Waals surface area contributed by atoms with Gasteiger partial charge in [-0.15, -0.1) is 0 Å². The highest BCUT2D eigenvalue weighted by Crippen LogP contribution is 2.34. The molecule has 8 heteroatoms. The number of halogens is 1. The summed E-state index contributed by atoms with van der Waals surface area (Å²) in [6.45, 7) is 2.08. The molecular formula is C25H22ClNO6. The van der Waals surface area contributed by atoms with Crippen LogP contribution in [0.4, 0.5) is 0 Å².